The molecule has 0 aliphatic carbocycles. The van der Waals surface area contributed by atoms with Gasteiger partial charge >= 0.3 is 0 Å². The summed E-state index contributed by atoms with van der Waals surface area (Å²) in [4.78, 5) is 4.67. The Morgan fingerprint density at radius 3 is 1.36 bits per heavy atom. The van der Waals surface area contributed by atoms with Crippen LogP contribution in [0.3, 0.4) is 0 Å². The van der Waals surface area contributed by atoms with E-state index in [0.717, 1.165) is 39.8 Å². The molecule has 0 aliphatic rings. The Hall–Kier alpha value is -8.14. The van der Waals surface area contributed by atoms with Crippen LogP contribution in [0, 0.1) is 0 Å². The zero-order valence-electron chi connectivity index (χ0n) is 33.4. The summed E-state index contributed by atoms with van der Waals surface area (Å²) >= 11 is 0. The standard InChI is InChI=1S/C58H39N3/c1-6-19-42(20-7-1)59(43-21-8-2-9-22-43)47-34-32-40(33-35-47)53-38-41-18-16-30-51-55(41)56-49(53)29-17-31-52(56)58-57(51)50-37-36-48(39-54(50)61(58)46-27-14-5-15-28-46)60(44-23-10-3-11-24-44)45-25-12-4-13-26-45/h1-39H. The molecule has 12 rings (SSSR count). The maximum absolute atomic E-state index is 2.50. The summed E-state index contributed by atoms with van der Waals surface area (Å²) in [7, 11) is 0. The lowest BCUT2D eigenvalue weighted by Gasteiger charge is -2.25. The minimum absolute atomic E-state index is 1.11. The highest BCUT2D eigenvalue weighted by atomic mass is 15.1. The van der Waals surface area contributed by atoms with Gasteiger partial charge in [-0.05, 0) is 124 Å². The molecule has 0 spiro atoms. The second kappa shape index (κ2) is 14.3. The first-order valence-electron chi connectivity index (χ1n) is 20.9. The molecule has 0 amide bonds. The maximum Gasteiger partial charge on any atom is 0.0626 e. The van der Waals surface area contributed by atoms with Crippen molar-refractivity contribution >= 4 is 88.2 Å². The van der Waals surface area contributed by atoms with E-state index in [1.165, 1.54) is 65.3 Å². The lowest BCUT2D eigenvalue weighted by Crippen LogP contribution is -2.09. The summed E-state index contributed by atoms with van der Waals surface area (Å²) in [6.45, 7) is 0. The molecule has 0 unspecified atom stereocenters. The van der Waals surface area contributed by atoms with Gasteiger partial charge in [-0.1, -0.05) is 146 Å². The fourth-order valence-corrected chi connectivity index (χ4v) is 9.67. The summed E-state index contributed by atoms with van der Waals surface area (Å²) in [6, 6.07) is 85.7. The monoisotopic (exact) mass is 777 g/mol. The van der Waals surface area contributed by atoms with Crippen LogP contribution in [-0.2, 0) is 0 Å². The Balaban J connectivity index is 1.11. The van der Waals surface area contributed by atoms with Crippen molar-refractivity contribution in [3.05, 3.63) is 237 Å². The Bertz CT molecular complexity index is 3410. The first-order valence-corrected chi connectivity index (χ1v) is 20.9. The summed E-state index contributed by atoms with van der Waals surface area (Å²) in [5.41, 5.74) is 12.7. The van der Waals surface area contributed by atoms with Gasteiger partial charge in [-0.15, -0.1) is 0 Å². The Morgan fingerprint density at radius 1 is 0.295 bits per heavy atom. The number of rotatable bonds is 8. The summed E-state index contributed by atoms with van der Waals surface area (Å²) in [6.07, 6.45) is 0. The van der Waals surface area contributed by atoms with Gasteiger partial charge in [-0.2, -0.15) is 0 Å². The van der Waals surface area contributed by atoms with Gasteiger partial charge < -0.3 is 14.4 Å². The molecule has 0 radical (unpaired) electrons. The summed E-state index contributed by atoms with van der Waals surface area (Å²) < 4.78 is 2.50. The molecule has 12 aromatic rings. The van der Waals surface area contributed by atoms with Gasteiger partial charge in [0.1, 0.15) is 0 Å². The number of hydrogen-bond acceptors (Lipinski definition) is 2. The van der Waals surface area contributed by atoms with E-state index in [2.05, 4.69) is 251 Å². The lowest BCUT2D eigenvalue weighted by atomic mass is 9.87. The molecule has 3 nitrogen and oxygen atoms in total. The Morgan fingerprint density at radius 2 is 0.770 bits per heavy atom. The minimum Gasteiger partial charge on any atom is -0.311 e. The van der Waals surface area contributed by atoms with Crippen molar-refractivity contribution < 1.29 is 0 Å². The molecule has 0 saturated carbocycles. The third-order valence-electron chi connectivity index (χ3n) is 12.2. The molecule has 61 heavy (non-hydrogen) atoms. The van der Waals surface area contributed by atoms with Crippen LogP contribution in [0.25, 0.3) is 70.9 Å². The summed E-state index contributed by atoms with van der Waals surface area (Å²) in [5, 5.41) is 10.1. The molecular weight excluding hydrogens is 739 g/mol. The van der Waals surface area contributed by atoms with Crippen LogP contribution < -0.4 is 9.80 Å². The zero-order valence-corrected chi connectivity index (χ0v) is 33.4. The molecule has 11 aromatic carbocycles. The number of benzene rings is 11. The van der Waals surface area contributed by atoms with Crippen molar-refractivity contribution in [1.82, 2.24) is 4.57 Å². The molecule has 3 heteroatoms. The van der Waals surface area contributed by atoms with Crippen LogP contribution in [0.2, 0.25) is 0 Å². The fraction of sp³-hybridized carbons (Fsp3) is 0. The van der Waals surface area contributed by atoms with E-state index in [0.29, 0.717) is 0 Å². The van der Waals surface area contributed by atoms with Gasteiger partial charge in [-0.25, -0.2) is 0 Å². The third-order valence-corrected chi connectivity index (χ3v) is 12.2. The van der Waals surface area contributed by atoms with Crippen LogP contribution in [0.15, 0.2) is 237 Å². The quantitative estimate of drug-likeness (QED) is 0.142. The van der Waals surface area contributed by atoms with E-state index < -0.39 is 0 Å². The Kier molecular flexibility index (Phi) is 8.17. The first kappa shape index (κ1) is 34.9. The normalized spacial score (nSPS) is 11.6. The van der Waals surface area contributed by atoms with Gasteiger partial charge in [0.15, 0.2) is 0 Å². The number of anilines is 6. The molecular formula is C58H39N3. The number of fused-ring (bicyclic) bond motifs is 5. The second-order valence-electron chi connectivity index (χ2n) is 15.7. The van der Waals surface area contributed by atoms with Gasteiger partial charge in [0.2, 0.25) is 0 Å². The van der Waals surface area contributed by atoms with E-state index in [-0.39, 0.29) is 0 Å². The van der Waals surface area contributed by atoms with E-state index in [9.17, 15) is 0 Å². The molecule has 0 fully saturated rings. The van der Waals surface area contributed by atoms with Gasteiger partial charge in [-0.3, -0.25) is 0 Å². The fourth-order valence-electron chi connectivity index (χ4n) is 9.67. The molecule has 0 bridgehead atoms. The van der Waals surface area contributed by atoms with E-state index >= 15 is 0 Å². The van der Waals surface area contributed by atoms with E-state index in [4.69, 9.17) is 0 Å². The van der Waals surface area contributed by atoms with Crippen molar-refractivity contribution in [2.24, 2.45) is 0 Å². The highest BCUT2D eigenvalue weighted by molar-refractivity contribution is 6.39. The lowest BCUT2D eigenvalue weighted by molar-refractivity contribution is 1.18. The minimum atomic E-state index is 1.11. The van der Waals surface area contributed by atoms with Crippen LogP contribution in [0.5, 0.6) is 0 Å². The Labute approximate surface area is 354 Å². The molecule has 1 heterocycles. The topological polar surface area (TPSA) is 11.4 Å². The average Bonchev–Trinajstić information content (AvgIpc) is 3.68. The summed E-state index contributed by atoms with van der Waals surface area (Å²) in [5.74, 6) is 0. The van der Waals surface area contributed by atoms with E-state index in [1.807, 2.05) is 0 Å². The van der Waals surface area contributed by atoms with Crippen LogP contribution >= 0.6 is 0 Å². The van der Waals surface area contributed by atoms with E-state index in [1.54, 1.807) is 0 Å². The maximum atomic E-state index is 2.50. The molecule has 0 N–H and O–H groups in total. The number of para-hydroxylation sites is 5. The smallest absolute Gasteiger partial charge is 0.0626 e. The van der Waals surface area contributed by atoms with Crippen molar-refractivity contribution in [1.29, 1.82) is 0 Å². The van der Waals surface area contributed by atoms with Gasteiger partial charge in [0, 0.05) is 61.4 Å². The van der Waals surface area contributed by atoms with Crippen molar-refractivity contribution in [2.75, 3.05) is 9.80 Å². The van der Waals surface area contributed by atoms with Crippen molar-refractivity contribution in [3.63, 3.8) is 0 Å². The molecule has 0 aliphatic heterocycles. The van der Waals surface area contributed by atoms with Gasteiger partial charge in [0.05, 0.1) is 11.0 Å². The van der Waals surface area contributed by atoms with Crippen LogP contribution in [-0.4, -0.2) is 4.57 Å². The predicted molar refractivity (Wildman–Crippen MR) is 259 cm³/mol. The predicted octanol–water partition coefficient (Wildman–Crippen LogP) is 16.3. The van der Waals surface area contributed by atoms with Crippen LogP contribution in [0.4, 0.5) is 34.1 Å². The third kappa shape index (κ3) is 5.66. The van der Waals surface area contributed by atoms with Gasteiger partial charge in [0.25, 0.3) is 0 Å². The molecule has 286 valence electrons. The second-order valence-corrected chi connectivity index (χ2v) is 15.7. The molecule has 1 aromatic heterocycles. The highest BCUT2D eigenvalue weighted by Crippen LogP contribution is 2.49. The largest absolute Gasteiger partial charge is 0.311 e. The number of aromatic nitrogens is 1. The first-order chi connectivity index (χ1) is 30.3. The zero-order chi connectivity index (χ0) is 40.3. The van der Waals surface area contributed by atoms with Crippen molar-refractivity contribution in [2.45, 2.75) is 0 Å². The number of nitrogens with zero attached hydrogens (tertiary/aromatic N) is 3. The molecule has 0 atom stereocenters. The highest BCUT2D eigenvalue weighted by Gasteiger charge is 2.24. The SMILES string of the molecule is c1ccc(N(c2ccccc2)c2ccc(-c3cc4cccc5c4c4c3cccc4c3c5c4ccc(N(c5ccccc5)c5ccccc5)cc4n3-c3ccccc3)cc2)cc1. The van der Waals surface area contributed by atoms with Crippen molar-refractivity contribution in [3.8, 4) is 16.8 Å². The van der Waals surface area contributed by atoms with Crippen LogP contribution in [0.1, 0.15) is 0 Å². The number of hydrogen-bond donors (Lipinski definition) is 0. The molecule has 0 saturated heterocycles. The average molecular weight is 778 g/mol.